The van der Waals surface area contributed by atoms with Crippen LogP contribution in [0.3, 0.4) is 0 Å². The first-order valence-corrected chi connectivity index (χ1v) is 9.17. The SMILES string of the molecule is C=CC[C@@H]1c2ccc(OC)cc2SC[C@]1(C)c1ccc(OC)cc1. The van der Waals surface area contributed by atoms with Gasteiger partial charge >= 0.3 is 0 Å². The third-order valence-corrected chi connectivity index (χ3v) is 6.45. The predicted octanol–water partition coefficient (Wildman–Crippen LogP) is 5.43. The van der Waals surface area contributed by atoms with Gasteiger partial charge in [0.15, 0.2) is 0 Å². The fourth-order valence-electron chi connectivity index (χ4n) is 3.54. The molecule has 1 heterocycles. The summed E-state index contributed by atoms with van der Waals surface area (Å²) in [7, 11) is 3.43. The van der Waals surface area contributed by atoms with E-state index in [1.165, 1.54) is 16.0 Å². The molecule has 0 saturated carbocycles. The molecular weight excluding hydrogens is 316 g/mol. The highest BCUT2D eigenvalue weighted by Crippen LogP contribution is 2.52. The van der Waals surface area contributed by atoms with Crippen molar-refractivity contribution in [3.8, 4) is 11.5 Å². The third-order valence-electron chi connectivity index (χ3n) is 5.04. The van der Waals surface area contributed by atoms with Crippen LogP contribution in [-0.4, -0.2) is 20.0 Å². The lowest BCUT2D eigenvalue weighted by Crippen LogP contribution is -2.36. The maximum absolute atomic E-state index is 5.39. The molecule has 0 aliphatic carbocycles. The fourth-order valence-corrected chi connectivity index (χ4v) is 4.94. The summed E-state index contributed by atoms with van der Waals surface area (Å²) >= 11 is 1.91. The molecule has 0 saturated heterocycles. The zero-order valence-electron chi connectivity index (χ0n) is 14.5. The Morgan fingerprint density at radius 3 is 2.42 bits per heavy atom. The van der Waals surface area contributed by atoms with Gasteiger partial charge in [-0.3, -0.25) is 0 Å². The topological polar surface area (TPSA) is 18.5 Å². The van der Waals surface area contributed by atoms with Crippen LogP contribution >= 0.6 is 11.8 Å². The maximum atomic E-state index is 5.39. The van der Waals surface area contributed by atoms with Crippen LogP contribution in [-0.2, 0) is 5.41 Å². The molecule has 3 rings (SSSR count). The minimum atomic E-state index is 0.0622. The summed E-state index contributed by atoms with van der Waals surface area (Å²) in [5, 5.41) is 0. The Bertz CT molecular complexity index is 723. The zero-order chi connectivity index (χ0) is 17.2. The van der Waals surface area contributed by atoms with Gasteiger partial charge < -0.3 is 9.47 Å². The van der Waals surface area contributed by atoms with Gasteiger partial charge in [0.2, 0.25) is 0 Å². The number of rotatable bonds is 5. The van der Waals surface area contributed by atoms with Gasteiger partial charge in [0.25, 0.3) is 0 Å². The first-order chi connectivity index (χ1) is 11.6. The molecule has 0 radical (unpaired) electrons. The Hall–Kier alpha value is -1.87. The highest BCUT2D eigenvalue weighted by atomic mass is 32.2. The number of allylic oxidation sites excluding steroid dienone is 1. The summed E-state index contributed by atoms with van der Waals surface area (Å²) in [6.07, 6.45) is 3.00. The summed E-state index contributed by atoms with van der Waals surface area (Å²) < 4.78 is 10.7. The van der Waals surface area contributed by atoms with Crippen LogP contribution in [0.5, 0.6) is 11.5 Å². The van der Waals surface area contributed by atoms with Crippen molar-refractivity contribution >= 4 is 11.8 Å². The number of hydrogen-bond acceptors (Lipinski definition) is 3. The Balaban J connectivity index is 2.04. The number of fused-ring (bicyclic) bond motifs is 1. The molecule has 0 amide bonds. The van der Waals surface area contributed by atoms with Gasteiger partial charge in [-0.1, -0.05) is 31.2 Å². The van der Waals surface area contributed by atoms with Crippen molar-refractivity contribution in [2.75, 3.05) is 20.0 Å². The standard InChI is InChI=1S/C21H24O2S/c1-5-6-19-18-12-11-17(23-4)13-20(18)24-14-21(19,2)15-7-9-16(22-3)10-8-15/h5,7-13,19H,1,6,14H2,2-4H3/t19-,21-/m1/s1. The second kappa shape index (κ2) is 6.94. The van der Waals surface area contributed by atoms with E-state index in [2.05, 4.69) is 56.0 Å². The van der Waals surface area contributed by atoms with E-state index in [1.807, 2.05) is 17.8 Å². The van der Waals surface area contributed by atoms with E-state index in [-0.39, 0.29) is 5.41 Å². The van der Waals surface area contributed by atoms with E-state index in [0.717, 1.165) is 23.7 Å². The highest BCUT2D eigenvalue weighted by molar-refractivity contribution is 7.99. The van der Waals surface area contributed by atoms with E-state index in [9.17, 15) is 0 Å². The summed E-state index contributed by atoms with van der Waals surface area (Å²) in [5.74, 6) is 3.27. The van der Waals surface area contributed by atoms with Crippen molar-refractivity contribution in [3.63, 3.8) is 0 Å². The van der Waals surface area contributed by atoms with Crippen LogP contribution in [0.2, 0.25) is 0 Å². The first kappa shape index (κ1) is 17.0. The number of thioether (sulfide) groups is 1. The molecular formula is C21H24O2S. The molecule has 0 fully saturated rings. The molecule has 0 bridgehead atoms. The van der Waals surface area contributed by atoms with E-state index in [4.69, 9.17) is 9.47 Å². The second-order valence-corrected chi connectivity index (χ2v) is 7.43. The van der Waals surface area contributed by atoms with Gasteiger partial charge in [0, 0.05) is 16.1 Å². The number of benzene rings is 2. The molecule has 0 aromatic heterocycles. The van der Waals surface area contributed by atoms with E-state index in [0.29, 0.717) is 5.92 Å². The van der Waals surface area contributed by atoms with Gasteiger partial charge in [-0.2, -0.15) is 0 Å². The van der Waals surface area contributed by atoms with Gasteiger partial charge in [-0.05, 0) is 47.7 Å². The first-order valence-electron chi connectivity index (χ1n) is 8.18. The van der Waals surface area contributed by atoms with Gasteiger partial charge in [0.05, 0.1) is 14.2 Å². The molecule has 1 aliphatic heterocycles. The van der Waals surface area contributed by atoms with Crippen molar-refractivity contribution in [3.05, 3.63) is 66.2 Å². The molecule has 2 aromatic carbocycles. The van der Waals surface area contributed by atoms with Gasteiger partial charge in [-0.25, -0.2) is 0 Å². The Kier molecular flexibility index (Phi) is 4.91. The van der Waals surface area contributed by atoms with Crippen LogP contribution in [0.15, 0.2) is 60.0 Å². The summed E-state index contributed by atoms with van der Waals surface area (Å²) in [4.78, 5) is 1.33. The Morgan fingerprint density at radius 2 is 1.79 bits per heavy atom. The van der Waals surface area contributed by atoms with Crippen LogP contribution in [0.25, 0.3) is 0 Å². The smallest absolute Gasteiger partial charge is 0.119 e. The molecule has 2 nitrogen and oxygen atoms in total. The molecule has 1 aliphatic rings. The molecule has 2 atom stereocenters. The second-order valence-electron chi connectivity index (χ2n) is 6.42. The quantitative estimate of drug-likeness (QED) is 0.676. The molecule has 24 heavy (non-hydrogen) atoms. The lowest BCUT2D eigenvalue weighted by molar-refractivity contribution is 0.397. The van der Waals surface area contributed by atoms with E-state index in [1.54, 1.807) is 14.2 Å². The summed E-state index contributed by atoms with van der Waals surface area (Å²) in [5.41, 5.74) is 2.81. The number of methoxy groups -OCH3 is 2. The molecule has 126 valence electrons. The number of ether oxygens (including phenoxy) is 2. The third kappa shape index (κ3) is 2.93. The van der Waals surface area contributed by atoms with Crippen molar-refractivity contribution in [2.45, 2.75) is 29.6 Å². The van der Waals surface area contributed by atoms with E-state index < -0.39 is 0 Å². The van der Waals surface area contributed by atoms with Crippen molar-refractivity contribution in [1.82, 2.24) is 0 Å². The van der Waals surface area contributed by atoms with Gasteiger partial charge in [-0.15, -0.1) is 18.3 Å². The van der Waals surface area contributed by atoms with Crippen molar-refractivity contribution in [1.29, 1.82) is 0 Å². The molecule has 0 spiro atoms. The summed E-state index contributed by atoms with van der Waals surface area (Å²) in [6.45, 7) is 6.36. The largest absolute Gasteiger partial charge is 0.497 e. The zero-order valence-corrected chi connectivity index (χ0v) is 15.4. The molecule has 0 unspecified atom stereocenters. The fraction of sp³-hybridized carbons (Fsp3) is 0.333. The normalized spacial score (nSPS) is 22.5. The van der Waals surface area contributed by atoms with Crippen LogP contribution in [0.1, 0.15) is 30.4 Å². The summed E-state index contributed by atoms with van der Waals surface area (Å²) in [6, 6.07) is 14.9. The average Bonchev–Trinajstić information content (AvgIpc) is 2.64. The minimum Gasteiger partial charge on any atom is -0.497 e. The Labute approximate surface area is 148 Å². The van der Waals surface area contributed by atoms with Crippen LogP contribution < -0.4 is 9.47 Å². The molecule has 2 aromatic rings. The van der Waals surface area contributed by atoms with Crippen LogP contribution in [0, 0.1) is 0 Å². The Morgan fingerprint density at radius 1 is 1.12 bits per heavy atom. The van der Waals surface area contributed by atoms with E-state index >= 15 is 0 Å². The molecule has 3 heteroatoms. The lowest BCUT2D eigenvalue weighted by Gasteiger charge is -2.42. The van der Waals surface area contributed by atoms with Gasteiger partial charge in [0.1, 0.15) is 11.5 Å². The predicted molar refractivity (Wildman–Crippen MR) is 102 cm³/mol. The lowest BCUT2D eigenvalue weighted by atomic mass is 9.68. The molecule has 0 N–H and O–H groups in total. The average molecular weight is 340 g/mol. The minimum absolute atomic E-state index is 0.0622. The van der Waals surface area contributed by atoms with Crippen molar-refractivity contribution in [2.24, 2.45) is 0 Å². The maximum Gasteiger partial charge on any atom is 0.119 e. The highest BCUT2D eigenvalue weighted by Gasteiger charge is 2.40. The van der Waals surface area contributed by atoms with Crippen molar-refractivity contribution < 1.29 is 9.47 Å². The monoisotopic (exact) mass is 340 g/mol. The van der Waals surface area contributed by atoms with Crippen LogP contribution in [0.4, 0.5) is 0 Å². The number of hydrogen-bond donors (Lipinski definition) is 0.